The number of aryl methyl sites for hydroxylation is 1. The Morgan fingerprint density at radius 3 is 2.40 bits per heavy atom. The van der Waals surface area contributed by atoms with Crippen molar-refractivity contribution in [2.24, 2.45) is 0 Å². The molecule has 1 N–H and O–H groups in total. The maximum Gasteiger partial charge on any atom is 0.252 e. The van der Waals surface area contributed by atoms with E-state index in [9.17, 15) is 9.59 Å². The Hall–Kier alpha value is -4.45. The lowest BCUT2D eigenvalue weighted by Gasteiger charge is -2.27. The molecule has 11 nitrogen and oxygen atoms in total. The summed E-state index contributed by atoms with van der Waals surface area (Å²) in [5, 5.41) is 4.00. The zero-order chi connectivity index (χ0) is 31.9. The minimum atomic E-state index is -0.0562. The topological polar surface area (TPSA) is 113 Å². The summed E-state index contributed by atoms with van der Waals surface area (Å²) in [6.45, 7) is 4.84. The lowest BCUT2D eigenvalue weighted by molar-refractivity contribution is -0.118. The second-order valence-corrected chi connectivity index (χ2v) is 10.2. The average Bonchev–Trinajstić information content (AvgIpc) is 3.08. The van der Waals surface area contributed by atoms with E-state index < -0.39 is 0 Å². The lowest BCUT2D eigenvalue weighted by atomic mass is 10.2. The van der Waals surface area contributed by atoms with Crippen LogP contribution < -0.4 is 30.0 Å². The van der Waals surface area contributed by atoms with Crippen LogP contribution in [0, 0.1) is 0 Å². The second-order valence-electron chi connectivity index (χ2n) is 10.2. The molecule has 0 spiro atoms. The molecule has 3 heterocycles. The predicted molar refractivity (Wildman–Crippen MR) is 173 cm³/mol. The van der Waals surface area contributed by atoms with E-state index in [4.69, 9.17) is 23.7 Å². The van der Waals surface area contributed by atoms with Gasteiger partial charge in [0, 0.05) is 68.5 Å². The van der Waals surface area contributed by atoms with Gasteiger partial charge in [0.05, 0.1) is 40.6 Å². The standard InChI is InChI=1S/C21H26N2O4.C13H16N2O3/c1-25-20-6-3-2-5-17(20)16-26-13-4-14-27-19-9-7-18(8-10-19)23-12-11-22-15-21(23)24;1-17-9-3-8-15-12(16)7-5-10-4-6-11(18-2)14-13(10)15/h2-3,5-10,22H,4,11-16H2,1H3;4-7H,3,8-9H2,1-2H3. The fraction of sp³-hybridized carbons (Fsp3) is 0.382. The third-order valence-corrected chi connectivity index (χ3v) is 7.14. The SMILES string of the molecule is COCCCn1c(=O)ccc2ccc(OC)nc21.COc1ccccc1COCCCOc1ccc(N2CCNCC2=O)cc1. The van der Waals surface area contributed by atoms with E-state index in [0.29, 0.717) is 57.6 Å². The van der Waals surface area contributed by atoms with E-state index >= 15 is 0 Å². The molecule has 1 amide bonds. The summed E-state index contributed by atoms with van der Waals surface area (Å²) in [4.78, 5) is 29.9. The van der Waals surface area contributed by atoms with Crippen molar-refractivity contribution >= 4 is 22.6 Å². The van der Waals surface area contributed by atoms with Gasteiger partial charge in [-0.05, 0) is 48.9 Å². The monoisotopic (exact) mass is 618 g/mol. The summed E-state index contributed by atoms with van der Waals surface area (Å²) < 4.78 is 28.5. The number of methoxy groups -OCH3 is 3. The van der Waals surface area contributed by atoms with Gasteiger partial charge in [0.1, 0.15) is 17.1 Å². The number of anilines is 1. The molecule has 45 heavy (non-hydrogen) atoms. The highest BCUT2D eigenvalue weighted by atomic mass is 16.5. The number of aromatic nitrogens is 2. The van der Waals surface area contributed by atoms with Crippen molar-refractivity contribution in [3.63, 3.8) is 0 Å². The number of rotatable bonds is 14. The van der Waals surface area contributed by atoms with Crippen molar-refractivity contribution in [3.8, 4) is 17.4 Å². The number of para-hydroxylation sites is 1. The third kappa shape index (κ3) is 9.77. The summed E-state index contributed by atoms with van der Waals surface area (Å²) in [5.74, 6) is 2.25. The average molecular weight is 619 g/mol. The molecular weight excluding hydrogens is 576 g/mol. The van der Waals surface area contributed by atoms with Gasteiger partial charge < -0.3 is 33.9 Å². The van der Waals surface area contributed by atoms with Crippen LogP contribution >= 0.6 is 0 Å². The number of hydrogen-bond donors (Lipinski definition) is 1. The first kappa shape index (κ1) is 33.4. The number of amides is 1. The quantitative estimate of drug-likeness (QED) is 0.209. The summed E-state index contributed by atoms with van der Waals surface area (Å²) in [7, 11) is 4.87. The zero-order valence-corrected chi connectivity index (χ0v) is 26.2. The number of fused-ring (bicyclic) bond motifs is 1. The van der Waals surface area contributed by atoms with Crippen molar-refractivity contribution in [1.29, 1.82) is 0 Å². The Morgan fingerprint density at radius 1 is 0.844 bits per heavy atom. The zero-order valence-electron chi connectivity index (χ0n) is 26.2. The number of benzene rings is 2. The van der Waals surface area contributed by atoms with Crippen LogP contribution in [0.2, 0.25) is 0 Å². The van der Waals surface area contributed by atoms with Gasteiger partial charge in [-0.3, -0.25) is 14.2 Å². The van der Waals surface area contributed by atoms with Crippen LogP contribution in [0.25, 0.3) is 11.0 Å². The molecular formula is C34H42N4O7. The molecule has 4 aromatic rings. The van der Waals surface area contributed by atoms with Gasteiger partial charge >= 0.3 is 0 Å². The minimum absolute atomic E-state index is 0.0562. The highest BCUT2D eigenvalue weighted by molar-refractivity contribution is 5.95. The fourth-order valence-electron chi connectivity index (χ4n) is 4.80. The second kappa shape index (κ2) is 17.7. The Labute approximate surface area is 263 Å². The van der Waals surface area contributed by atoms with E-state index in [-0.39, 0.29) is 11.5 Å². The molecule has 11 heteroatoms. The molecule has 0 atom stereocenters. The molecule has 1 aliphatic heterocycles. The number of nitrogens with one attached hydrogen (secondary N) is 1. The van der Waals surface area contributed by atoms with Crippen molar-refractivity contribution in [2.75, 3.05) is 65.7 Å². The van der Waals surface area contributed by atoms with Crippen LogP contribution in [0.3, 0.4) is 0 Å². The van der Waals surface area contributed by atoms with Gasteiger partial charge in [0.2, 0.25) is 11.8 Å². The number of ether oxygens (including phenoxy) is 5. The molecule has 1 aliphatic rings. The van der Waals surface area contributed by atoms with Crippen molar-refractivity contribution in [1.82, 2.24) is 14.9 Å². The Morgan fingerprint density at radius 2 is 1.64 bits per heavy atom. The van der Waals surface area contributed by atoms with Crippen LogP contribution in [0.15, 0.2) is 77.6 Å². The van der Waals surface area contributed by atoms with Crippen LogP contribution in [-0.2, 0) is 27.4 Å². The third-order valence-electron chi connectivity index (χ3n) is 7.14. The normalized spacial score (nSPS) is 12.9. The molecule has 0 saturated carbocycles. The van der Waals surface area contributed by atoms with E-state index in [2.05, 4.69) is 10.3 Å². The molecule has 5 rings (SSSR count). The van der Waals surface area contributed by atoms with Gasteiger partial charge in [-0.15, -0.1) is 0 Å². The summed E-state index contributed by atoms with van der Waals surface area (Å²) in [6, 6.07) is 22.5. The predicted octanol–water partition coefficient (Wildman–Crippen LogP) is 4.06. The highest BCUT2D eigenvalue weighted by Crippen LogP contribution is 2.21. The molecule has 0 aliphatic carbocycles. The number of piperazine rings is 1. The Kier molecular flexibility index (Phi) is 13.2. The highest BCUT2D eigenvalue weighted by Gasteiger charge is 2.19. The summed E-state index contributed by atoms with van der Waals surface area (Å²) in [6.07, 6.45) is 1.57. The molecule has 1 fully saturated rings. The van der Waals surface area contributed by atoms with E-state index in [1.165, 1.54) is 0 Å². The van der Waals surface area contributed by atoms with E-state index in [1.54, 1.807) is 49.0 Å². The lowest BCUT2D eigenvalue weighted by Crippen LogP contribution is -2.48. The number of carbonyl (C=O) groups excluding carboxylic acids is 1. The van der Waals surface area contributed by atoms with Crippen LogP contribution in [0.1, 0.15) is 18.4 Å². The molecule has 0 unspecified atom stereocenters. The number of hydrogen-bond acceptors (Lipinski definition) is 9. The molecule has 1 saturated heterocycles. The summed E-state index contributed by atoms with van der Waals surface area (Å²) in [5.41, 5.74) is 2.55. The fourth-order valence-corrected chi connectivity index (χ4v) is 4.80. The van der Waals surface area contributed by atoms with Crippen LogP contribution in [0.4, 0.5) is 5.69 Å². The first-order valence-corrected chi connectivity index (χ1v) is 15.0. The molecule has 2 aromatic carbocycles. The maximum absolute atomic E-state index is 11.9. The minimum Gasteiger partial charge on any atom is -0.496 e. The molecule has 0 radical (unpaired) electrons. The van der Waals surface area contributed by atoms with E-state index in [1.807, 2.05) is 54.6 Å². The molecule has 2 aromatic heterocycles. The largest absolute Gasteiger partial charge is 0.496 e. The molecule has 240 valence electrons. The smallest absolute Gasteiger partial charge is 0.252 e. The van der Waals surface area contributed by atoms with Crippen molar-refractivity contribution in [3.05, 3.63) is 88.7 Å². The summed E-state index contributed by atoms with van der Waals surface area (Å²) >= 11 is 0. The Balaban J connectivity index is 0.000000222. The van der Waals surface area contributed by atoms with Crippen molar-refractivity contribution in [2.45, 2.75) is 26.0 Å². The first-order valence-electron chi connectivity index (χ1n) is 15.0. The van der Waals surface area contributed by atoms with Gasteiger partial charge in [0.25, 0.3) is 5.56 Å². The van der Waals surface area contributed by atoms with Gasteiger partial charge in [-0.1, -0.05) is 18.2 Å². The number of carbonyl (C=O) groups is 1. The van der Waals surface area contributed by atoms with Gasteiger partial charge in [-0.25, -0.2) is 0 Å². The van der Waals surface area contributed by atoms with E-state index in [0.717, 1.165) is 47.5 Å². The number of pyridine rings is 2. The van der Waals surface area contributed by atoms with Crippen LogP contribution in [-0.4, -0.2) is 76.2 Å². The van der Waals surface area contributed by atoms with Gasteiger partial charge in [-0.2, -0.15) is 4.98 Å². The number of nitrogens with zero attached hydrogens (tertiary/aromatic N) is 3. The van der Waals surface area contributed by atoms with Crippen molar-refractivity contribution < 1.29 is 28.5 Å². The van der Waals surface area contributed by atoms with Crippen LogP contribution in [0.5, 0.6) is 17.4 Å². The first-order chi connectivity index (χ1) is 22.0. The Bertz CT molecular complexity index is 1560. The van der Waals surface area contributed by atoms with Gasteiger partial charge in [0.15, 0.2) is 0 Å². The maximum atomic E-state index is 11.9. The molecule has 0 bridgehead atoms.